The molecule has 0 saturated heterocycles. The lowest BCUT2D eigenvalue weighted by Gasteiger charge is -2.23. The molecule has 0 radical (unpaired) electrons. The second kappa shape index (κ2) is 7.49. The molecule has 24 heavy (non-hydrogen) atoms. The highest BCUT2D eigenvalue weighted by atomic mass is 32.1. The van der Waals surface area contributed by atoms with E-state index in [0.29, 0.717) is 17.5 Å². The molecule has 1 heterocycles. The number of amides is 2. The fourth-order valence-electron chi connectivity index (χ4n) is 2.49. The minimum absolute atomic E-state index is 0.0311. The van der Waals surface area contributed by atoms with Gasteiger partial charge in [-0.05, 0) is 42.0 Å². The number of carbonyl (C=O) groups excluding carboxylic acids is 2. The van der Waals surface area contributed by atoms with Crippen LogP contribution >= 0.6 is 11.3 Å². The van der Waals surface area contributed by atoms with E-state index in [-0.39, 0.29) is 18.4 Å². The Balaban J connectivity index is 1.58. The zero-order valence-electron chi connectivity index (χ0n) is 13.5. The van der Waals surface area contributed by atoms with E-state index in [1.54, 1.807) is 13.2 Å². The average Bonchev–Trinajstić information content (AvgIpc) is 3.30. The Morgan fingerprint density at radius 3 is 2.58 bits per heavy atom. The third kappa shape index (κ3) is 4.14. The first-order valence-electron chi connectivity index (χ1n) is 7.91. The van der Waals surface area contributed by atoms with Gasteiger partial charge in [-0.3, -0.25) is 9.59 Å². The highest BCUT2D eigenvalue weighted by Crippen LogP contribution is 2.28. The molecule has 126 valence electrons. The number of nitrogens with zero attached hydrogens (tertiary/aromatic N) is 1. The van der Waals surface area contributed by atoms with Crippen LogP contribution in [-0.2, 0) is 11.3 Å². The first-order valence-corrected chi connectivity index (χ1v) is 8.79. The van der Waals surface area contributed by atoms with Crippen LogP contribution in [0.15, 0.2) is 41.8 Å². The van der Waals surface area contributed by atoms with Crippen molar-refractivity contribution >= 4 is 23.2 Å². The Morgan fingerprint density at radius 1 is 1.25 bits per heavy atom. The van der Waals surface area contributed by atoms with E-state index < -0.39 is 0 Å². The minimum Gasteiger partial charge on any atom is -0.497 e. The summed E-state index contributed by atoms with van der Waals surface area (Å²) in [4.78, 5) is 27.0. The lowest BCUT2D eigenvalue weighted by atomic mass is 10.2. The summed E-state index contributed by atoms with van der Waals surface area (Å²) < 4.78 is 5.15. The van der Waals surface area contributed by atoms with Crippen LogP contribution in [0.5, 0.6) is 5.75 Å². The van der Waals surface area contributed by atoms with E-state index in [2.05, 4.69) is 5.32 Å². The molecule has 0 spiro atoms. The maximum atomic E-state index is 12.5. The molecule has 1 aromatic carbocycles. The quantitative estimate of drug-likeness (QED) is 0.840. The summed E-state index contributed by atoms with van der Waals surface area (Å²) in [5.41, 5.74) is 1.06. The summed E-state index contributed by atoms with van der Waals surface area (Å²) in [7, 11) is 1.63. The molecule has 1 aliphatic rings. The molecule has 1 fully saturated rings. The molecule has 0 unspecified atom stereocenters. The molecule has 6 heteroatoms. The summed E-state index contributed by atoms with van der Waals surface area (Å²) in [5.74, 6) is 0.558. The van der Waals surface area contributed by atoms with Crippen molar-refractivity contribution in [3.05, 3.63) is 52.2 Å². The summed E-state index contributed by atoms with van der Waals surface area (Å²) in [6.45, 7) is 0.589. The summed E-state index contributed by atoms with van der Waals surface area (Å²) in [5, 5.41) is 4.56. The van der Waals surface area contributed by atoms with Gasteiger partial charge in [0.2, 0.25) is 5.91 Å². The number of carbonyl (C=O) groups is 2. The van der Waals surface area contributed by atoms with Crippen LogP contribution in [0.1, 0.15) is 28.1 Å². The van der Waals surface area contributed by atoms with Crippen LogP contribution < -0.4 is 10.1 Å². The largest absolute Gasteiger partial charge is 0.497 e. The predicted molar refractivity (Wildman–Crippen MR) is 93.2 cm³/mol. The number of hydrogen-bond acceptors (Lipinski definition) is 4. The average molecular weight is 344 g/mol. The van der Waals surface area contributed by atoms with Crippen molar-refractivity contribution in [3.8, 4) is 5.75 Å². The molecule has 1 saturated carbocycles. The van der Waals surface area contributed by atoms with Crippen LogP contribution in [0.4, 0.5) is 0 Å². The Kier molecular flexibility index (Phi) is 5.15. The fraction of sp³-hybridized carbons (Fsp3) is 0.333. The zero-order valence-corrected chi connectivity index (χ0v) is 14.3. The molecule has 2 aromatic rings. The van der Waals surface area contributed by atoms with Gasteiger partial charge in [-0.25, -0.2) is 0 Å². The van der Waals surface area contributed by atoms with Crippen LogP contribution in [0, 0.1) is 0 Å². The molecular formula is C18H20N2O3S. The highest BCUT2D eigenvalue weighted by molar-refractivity contribution is 7.12. The van der Waals surface area contributed by atoms with Gasteiger partial charge in [-0.1, -0.05) is 18.2 Å². The normalized spacial score (nSPS) is 13.4. The Bertz CT molecular complexity index is 694. The molecular weight excluding hydrogens is 324 g/mol. The standard InChI is InChI=1S/C18H20N2O3S/c1-23-15-8-4-13(5-9-15)12-20(14-6-7-14)17(21)11-19-18(22)16-3-2-10-24-16/h2-5,8-10,14H,6-7,11-12H2,1H3,(H,19,22). The van der Waals surface area contributed by atoms with E-state index in [0.717, 1.165) is 24.2 Å². The lowest BCUT2D eigenvalue weighted by molar-refractivity contribution is -0.131. The van der Waals surface area contributed by atoms with Crippen molar-refractivity contribution in [2.45, 2.75) is 25.4 Å². The van der Waals surface area contributed by atoms with E-state index in [1.807, 2.05) is 40.6 Å². The van der Waals surface area contributed by atoms with Gasteiger partial charge in [0.15, 0.2) is 0 Å². The smallest absolute Gasteiger partial charge is 0.261 e. The molecule has 2 amide bonds. The number of methoxy groups -OCH3 is 1. The van der Waals surface area contributed by atoms with Crippen LogP contribution in [0.2, 0.25) is 0 Å². The van der Waals surface area contributed by atoms with Crippen molar-refractivity contribution in [1.29, 1.82) is 0 Å². The SMILES string of the molecule is COc1ccc(CN(C(=O)CNC(=O)c2cccs2)C2CC2)cc1. The summed E-state index contributed by atoms with van der Waals surface area (Å²) >= 11 is 1.37. The second-order valence-corrected chi connectivity index (χ2v) is 6.71. The molecule has 1 N–H and O–H groups in total. The van der Waals surface area contributed by atoms with Gasteiger partial charge in [0.1, 0.15) is 5.75 Å². The summed E-state index contributed by atoms with van der Waals surface area (Å²) in [6, 6.07) is 11.6. The van der Waals surface area contributed by atoms with Gasteiger partial charge < -0.3 is 15.0 Å². The maximum Gasteiger partial charge on any atom is 0.261 e. The Morgan fingerprint density at radius 2 is 2.00 bits per heavy atom. The van der Waals surface area contributed by atoms with Gasteiger partial charge >= 0.3 is 0 Å². The molecule has 1 aliphatic carbocycles. The van der Waals surface area contributed by atoms with E-state index in [9.17, 15) is 9.59 Å². The van der Waals surface area contributed by atoms with Crippen molar-refractivity contribution in [2.75, 3.05) is 13.7 Å². The zero-order chi connectivity index (χ0) is 16.9. The number of benzene rings is 1. The first-order chi connectivity index (χ1) is 11.7. The molecule has 5 nitrogen and oxygen atoms in total. The topological polar surface area (TPSA) is 58.6 Å². The van der Waals surface area contributed by atoms with Crippen molar-refractivity contribution in [3.63, 3.8) is 0 Å². The van der Waals surface area contributed by atoms with Gasteiger partial charge in [-0.15, -0.1) is 11.3 Å². The van der Waals surface area contributed by atoms with Crippen molar-refractivity contribution < 1.29 is 14.3 Å². The van der Waals surface area contributed by atoms with Gasteiger partial charge in [0, 0.05) is 12.6 Å². The monoisotopic (exact) mass is 344 g/mol. The maximum absolute atomic E-state index is 12.5. The highest BCUT2D eigenvalue weighted by Gasteiger charge is 2.32. The molecule has 3 rings (SSSR count). The Labute approximate surface area is 145 Å². The van der Waals surface area contributed by atoms with Crippen molar-refractivity contribution in [1.82, 2.24) is 10.2 Å². The van der Waals surface area contributed by atoms with Crippen molar-refractivity contribution in [2.24, 2.45) is 0 Å². The van der Waals surface area contributed by atoms with E-state index >= 15 is 0 Å². The van der Waals surface area contributed by atoms with Crippen LogP contribution in [0.25, 0.3) is 0 Å². The number of nitrogens with one attached hydrogen (secondary N) is 1. The number of rotatable bonds is 7. The minimum atomic E-state index is -0.196. The summed E-state index contributed by atoms with van der Waals surface area (Å²) in [6.07, 6.45) is 2.06. The Hall–Kier alpha value is -2.34. The van der Waals surface area contributed by atoms with E-state index in [1.165, 1.54) is 11.3 Å². The molecule has 0 bridgehead atoms. The van der Waals surface area contributed by atoms with Gasteiger partial charge in [0.25, 0.3) is 5.91 Å². The third-order valence-corrected chi connectivity index (χ3v) is 4.83. The number of thiophene rings is 1. The number of ether oxygens (including phenoxy) is 1. The molecule has 1 aromatic heterocycles. The van der Waals surface area contributed by atoms with E-state index in [4.69, 9.17) is 4.74 Å². The molecule has 0 atom stereocenters. The van der Waals surface area contributed by atoms with Gasteiger partial charge in [0.05, 0.1) is 18.5 Å². The third-order valence-electron chi connectivity index (χ3n) is 3.97. The van der Waals surface area contributed by atoms with Crippen LogP contribution in [-0.4, -0.2) is 36.4 Å². The van der Waals surface area contributed by atoms with Gasteiger partial charge in [-0.2, -0.15) is 0 Å². The first kappa shape index (κ1) is 16.5. The second-order valence-electron chi connectivity index (χ2n) is 5.76. The molecule has 0 aliphatic heterocycles. The fourth-order valence-corrected chi connectivity index (χ4v) is 3.13. The number of hydrogen-bond donors (Lipinski definition) is 1. The predicted octanol–water partition coefficient (Wildman–Crippen LogP) is 2.68. The lowest BCUT2D eigenvalue weighted by Crippen LogP contribution is -2.40. The van der Waals surface area contributed by atoms with Crippen LogP contribution in [0.3, 0.4) is 0 Å².